The van der Waals surface area contributed by atoms with Crippen LogP contribution in [0.15, 0.2) is 78.9 Å². The third-order valence-electron chi connectivity index (χ3n) is 5.74. The van der Waals surface area contributed by atoms with Gasteiger partial charge in [0.1, 0.15) is 12.2 Å². The fourth-order valence-corrected chi connectivity index (χ4v) is 5.00. The van der Waals surface area contributed by atoms with E-state index < -0.39 is 11.8 Å². The van der Waals surface area contributed by atoms with Gasteiger partial charge in [-0.2, -0.15) is 0 Å². The molecule has 6 nitrogen and oxygen atoms in total. The highest BCUT2D eigenvalue weighted by molar-refractivity contribution is 14.1. The van der Waals surface area contributed by atoms with E-state index in [9.17, 15) is 9.59 Å². The summed E-state index contributed by atoms with van der Waals surface area (Å²) in [4.78, 5) is 30.3. The zero-order valence-corrected chi connectivity index (χ0v) is 23.6. The SMILES string of the molecule is C=CCOc1c(I)cc(C=C2C(=O)N(c3ccc(C)cc3)C(=S)N(c3ccc(C)cc3)C2=O)cc1OC. The molecule has 1 aliphatic heterocycles. The van der Waals surface area contributed by atoms with Crippen LogP contribution in [0.4, 0.5) is 11.4 Å². The lowest BCUT2D eigenvalue weighted by Crippen LogP contribution is -2.56. The van der Waals surface area contributed by atoms with Crippen molar-refractivity contribution in [2.24, 2.45) is 0 Å². The minimum absolute atomic E-state index is 0.0210. The number of carbonyl (C=O) groups is 2. The van der Waals surface area contributed by atoms with Crippen molar-refractivity contribution in [3.8, 4) is 11.5 Å². The highest BCUT2D eigenvalue weighted by atomic mass is 127. The van der Waals surface area contributed by atoms with Crippen LogP contribution in [0.25, 0.3) is 6.08 Å². The zero-order valence-electron chi connectivity index (χ0n) is 20.7. The molecular formula is C29H25IN2O4S. The summed E-state index contributed by atoms with van der Waals surface area (Å²) in [7, 11) is 1.54. The molecule has 3 aromatic carbocycles. The maximum absolute atomic E-state index is 13.8. The Morgan fingerprint density at radius 2 is 1.43 bits per heavy atom. The van der Waals surface area contributed by atoms with E-state index in [4.69, 9.17) is 21.7 Å². The highest BCUT2D eigenvalue weighted by Gasteiger charge is 2.41. The first-order valence-electron chi connectivity index (χ1n) is 11.4. The van der Waals surface area contributed by atoms with E-state index in [2.05, 4.69) is 29.2 Å². The number of amides is 2. The highest BCUT2D eigenvalue weighted by Crippen LogP contribution is 2.36. The fourth-order valence-electron chi connectivity index (χ4n) is 3.84. The molecule has 0 aromatic heterocycles. The molecule has 0 saturated carbocycles. The second kappa shape index (κ2) is 11.3. The Kier molecular flexibility index (Phi) is 8.09. The molecule has 188 valence electrons. The van der Waals surface area contributed by atoms with Gasteiger partial charge in [0.05, 0.1) is 22.1 Å². The summed E-state index contributed by atoms with van der Waals surface area (Å²) in [5.74, 6) is 0.0548. The zero-order chi connectivity index (χ0) is 26.7. The molecule has 3 aromatic rings. The average Bonchev–Trinajstić information content (AvgIpc) is 2.88. The van der Waals surface area contributed by atoms with E-state index in [1.165, 1.54) is 16.9 Å². The molecule has 4 rings (SSSR count). The molecule has 8 heteroatoms. The summed E-state index contributed by atoms with van der Waals surface area (Å²) >= 11 is 7.84. The minimum atomic E-state index is -0.497. The Labute approximate surface area is 235 Å². The number of benzene rings is 3. The molecule has 2 amide bonds. The first kappa shape index (κ1) is 26.6. The Hall–Kier alpha value is -3.50. The molecule has 0 unspecified atom stereocenters. The summed E-state index contributed by atoms with van der Waals surface area (Å²) in [6, 6.07) is 18.4. The summed E-state index contributed by atoms with van der Waals surface area (Å²) in [6.07, 6.45) is 3.21. The van der Waals surface area contributed by atoms with Crippen LogP contribution in [0.1, 0.15) is 16.7 Å². The van der Waals surface area contributed by atoms with Gasteiger partial charge in [-0.1, -0.05) is 48.0 Å². The van der Waals surface area contributed by atoms with Crippen LogP contribution in [0.5, 0.6) is 11.5 Å². The number of carbonyl (C=O) groups excluding carboxylic acids is 2. The van der Waals surface area contributed by atoms with Crippen molar-refractivity contribution in [3.05, 3.63) is 99.2 Å². The summed E-state index contributed by atoms with van der Waals surface area (Å²) in [5, 5.41) is 0.0974. The molecule has 0 atom stereocenters. The van der Waals surface area contributed by atoms with Gasteiger partial charge in [0.25, 0.3) is 11.8 Å². The number of hydrogen-bond acceptors (Lipinski definition) is 5. The monoisotopic (exact) mass is 624 g/mol. The van der Waals surface area contributed by atoms with Gasteiger partial charge in [-0.25, -0.2) is 0 Å². The second-order valence-corrected chi connectivity index (χ2v) is 9.95. The van der Waals surface area contributed by atoms with Crippen LogP contribution in [-0.4, -0.2) is 30.6 Å². The van der Waals surface area contributed by atoms with Crippen molar-refractivity contribution in [3.63, 3.8) is 0 Å². The minimum Gasteiger partial charge on any atom is -0.493 e. The van der Waals surface area contributed by atoms with E-state index in [0.717, 1.165) is 14.7 Å². The number of thiocarbonyl (C=S) groups is 1. The lowest BCUT2D eigenvalue weighted by atomic mass is 10.0. The molecule has 0 bridgehead atoms. The first-order chi connectivity index (χ1) is 17.7. The van der Waals surface area contributed by atoms with E-state index >= 15 is 0 Å². The molecule has 0 spiro atoms. The molecule has 1 saturated heterocycles. The Morgan fingerprint density at radius 1 is 0.919 bits per heavy atom. The summed E-state index contributed by atoms with van der Waals surface area (Å²) in [6.45, 7) is 7.92. The molecule has 1 heterocycles. The van der Waals surface area contributed by atoms with Crippen LogP contribution >= 0.6 is 34.8 Å². The standard InChI is InChI=1S/C29H25IN2O4S/c1-5-14-36-26-24(30)16-20(17-25(26)35-4)15-23-27(33)31(21-10-6-18(2)7-11-21)29(37)32(28(23)34)22-12-8-19(3)9-13-22/h5-13,15-17H,1,14H2,2-4H3. The number of nitrogens with zero attached hydrogens (tertiary/aromatic N) is 2. The Bertz CT molecular complexity index is 1350. The van der Waals surface area contributed by atoms with Crippen molar-refractivity contribution >= 4 is 69.2 Å². The number of aryl methyl sites for hydroxylation is 2. The van der Waals surface area contributed by atoms with Crippen molar-refractivity contribution in [2.45, 2.75) is 13.8 Å². The van der Waals surface area contributed by atoms with Gasteiger partial charge in [-0.3, -0.25) is 19.4 Å². The topological polar surface area (TPSA) is 59.1 Å². The van der Waals surface area contributed by atoms with Gasteiger partial charge in [-0.05, 0) is 96.7 Å². The van der Waals surface area contributed by atoms with Crippen molar-refractivity contribution in [2.75, 3.05) is 23.5 Å². The van der Waals surface area contributed by atoms with Crippen molar-refractivity contribution in [1.29, 1.82) is 0 Å². The Balaban J connectivity index is 1.85. The molecular weight excluding hydrogens is 599 g/mol. The van der Waals surface area contributed by atoms with Gasteiger partial charge in [0, 0.05) is 0 Å². The van der Waals surface area contributed by atoms with Gasteiger partial charge in [0.15, 0.2) is 16.6 Å². The number of halogens is 1. The van der Waals surface area contributed by atoms with Gasteiger partial charge in [0.2, 0.25) is 0 Å². The van der Waals surface area contributed by atoms with Gasteiger partial charge < -0.3 is 9.47 Å². The summed E-state index contributed by atoms with van der Waals surface area (Å²) in [5.41, 5.74) is 3.84. The molecule has 1 fully saturated rings. The van der Waals surface area contributed by atoms with Crippen LogP contribution < -0.4 is 19.3 Å². The van der Waals surface area contributed by atoms with Gasteiger partial charge >= 0.3 is 0 Å². The number of rotatable bonds is 7. The lowest BCUT2D eigenvalue weighted by molar-refractivity contribution is -0.120. The largest absolute Gasteiger partial charge is 0.493 e. The van der Waals surface area contributed by atoms with E-state index in [-0.39, 0.29) is 10.7 Å². The molecule has 1 aliphatic rings. The van der Waals surface area contributed by atoms with Crippen molar-refractivity contribution < 1.29 is 19.1 Å². The maximum atomic E-state index is 13.8. The molecule has 37 heavy (non-hydrogen) atoms. The van der Waals surface area contributed by atoms with Crippen LogP contribution in [0, 0.1) is 17.4 Å². The number of anilines is 2. The average molecular weight is 625 g/mol. The van der Waals surface area contributed by atoms with Crippen LogP contribution in [0.3, 0.4) is 0 Å². The number of hydrogen-bond donors (Lipinski definition) is 0. The molecule has 0 N–H and O–H groups in total. The lowest BCUT2D eigenvalue weighted by Gasteiger charge is -2.36. The number of methoxy groups -OCH3 is 1. The van der Waals surface area contributed by atoms with E-state index in [1.807, 2.05) is 68.4 Å². The number of ether oxygens (including phenoxy) is 2. The van der Waals surface area contributed by atoms with Crippen molar-refractivity contribution in [1.82, 2.24) is 0 Å². The van der Waals surface area contributed by atoms with E-state index in [1.54, 1.807) is 18.2 Å². The normalized spacial score (nSPS) is 13.6. The summed E-state index contributed by atoms with van der Waals surface area (Å²) < 4.78 is 12.0. The van der Waals surface area contributed by atoms with Gasteiger partial charge in [-0.15, -0.1) is 0 Å². The molecule has 0 radical (unpaired) electrons. The third-order valence-corrected chi connectivity index (χ3v) is 6.91. The van der Waals surface area contributed by atoms with Crippen LogP contribution in [0.2, 0.25) is 0 Å². The first-order valence-corrected chi connectivity index (χ1v) is 12.9. The third kappa shape index (κ3) is 5.45. The Morgan fingerprint density at radius 3 is 1.89 bits per heavy atom. The smallest absolute Gasteiger partial charge is 0.270 e. The van der Waals surface area contributed by atoms with E-state index in [0.29, 0.717) is 35.0 Å². The molecule has 0 aliphatic carbocycles. The quantitative estimate of drug-likeness (QED) is 0.103. The fraction of sp³-hybridized carbons (Fsp3) is 0.138. The maximum Gasteiger partial charge on any atom is 0.270 e. The predicted molar refractivity (Wildman–Crippen MR) is 159 cm³/mol. The predicted octanol–water partition coefficient (Wildman–Crippen LogP) is 6.23. The van der Waals surface area contributed by atoms with Crippen LogP contribution in [-0.2, 0) is 9.59 Å². The second-order valence-electron chi connectivity index (χ2n) is 8.43.